The molecule has 0 radical (unpaired) electrons. The molecule has 0 saturated carbocycles. The normalized spacial score (nSPS) is 13.4. The van der Waals surface area contributed by atoms with Crippen LogP contribution >= 0.6 is 11.6 Å². The average Bonchev–Trinajstić information content (AvgIpc) is 2.51. The number of halogens is 7. The van der Waals surface area contributed by atoms with Crippen LogP contribution < -0.4 is 10.6 Å². The maximum Gasteiger partial charge on any atom is 0.408 e. The molecule has 2 aromatic heterocycles. The van der Waals surface area contributed by atoms with Gasteiger partial charge in [0.15, 0.2) is 5.82 Å². The van der Waals surface area contributed by atoms with Gasteiger partial charge in [-0.05, 0) is 19.1 Å². The Balaban J connectivity index is 2.38. The molecule has 0 aliphatic heterocycles. The smallest absolute Gasteiger partial charge is 0.361 e. The summed E-state index contributed by atoms with van der Waals surface area (Å²) in [6.07, 6.45) is -9.11. The van der Waals surface area contributed by atoms with E-state index in [1.54, 1.807) is 0 Å². The molecule has 0 spiro atoms. The van der Waals surface area contributed by atoms with Crippen molar-refractivity contribution < 1.29 is 26.3 Å². The van der Waals surface area contributed by atoms with Crippen LogP contribution in [0.15, 0.2) is 24.3 Å². The van der Waals surface area contributed by atoms with E-state index in [-0.39, 0.29) is 28.3 Å². The number of aromatic nitrogens is 3. The lowest BCUT2D eigenvalue weighted by molar-refractivity contribution is -0.138. The van der Waals surface area contributed by atoms with Crippen LogP contribution in [-0.4, -0.2) is 39.9 Å². The molecular formula is C14H12ClF6N5. The van der Waals surface area contributed by atoms with E-state index >= 15 is 0 Å². The van der Waals surface area contributed by atoms with E-state index in [2.05, 4.69) is 20.3 Å². The Labute approximate surface area is 148 Å². The van der Waals surface area contributed by atoms with E-state index in [9.17, 15) is 26.3 Å². The van der Waals surface area contributed by atoms with Crippen molar-refractivity contribution in [2.24, 2.45) is 0 Å². The number of rotatable bonds is 5. The second-order valence-corrected chi connectivity index (χ2v) is 5.57. The topological polar surface area (TPSA) is 62.7 Å². The molecule has 2 aromatic rings. The van der Waals surface area contributed by atoms with E-state index in [4.69, 9.17) is 11.6 Å². The van der Waals surface area contributed by atoms with E-state index in [0.717, 1.165) is 13.0 Å². The third-order valence-corrected chi connectivity index (χ3v) is 3.21. The lowest BCUT2D eigenvalue weighted by atomic mass is 10.3. The fraction of sp³-hybridized carbons (Fsp3) is 0.357. The molecule has 12 heteroatoms. The largest absolute Gasteiger partial charge is 0.408 e. The van der Waals surface area contributed by atoms with Crippen LogP contribution in [0.3, 0.4) is 0 Å². The Bertz CT molecular complexity index is 764. The molecule has 2 rings (SSSR count). The Morgan fingerprint density at radius 2 is 1.69 bits per heavy atom. The Morgan fingerprint density at radius 1 is 1.04 bits per heavy atom. The van der Waals surface area contributed by atoms with Crippen LogP contribution in [0.1, 0.15) is 6.92 Å². The summed E-state index contributed by atoms with van der Waals surface area (Å²) in [7, 11) is 0. The fourth-order valence-electron chi connectivity index (χ4n) is 1.75. The number of nitrogens with one attached hydrogen (secondary N) is 2. The van der Waals surface area contributed by atoms with Crippen LogP contribution in [-0.2, 0) is 0 Å². The summed E-state index contributed by atoms with van der Waals surface area (Å²) in [6, 6.07) is 3.33. The van der Waals surface area contributed by atoms with Crippen LogP contribution in [0, 0.1) is 0 Å². The van der Waals surface area contributed by atoms with Crippen molar-refractivity contribution in [1.82, 2.24) is 15.0 Å². The van der Waals surface area contributed by atoms with Gasteiger partial charge in [-0.25, -0.2) is 15.0 Å². The van der Waals surface area contributed by atoms with Gasteiger partial charge in [0.1, 0.15) is 35.1 Å². The molecule has 2 heterocycles. The summed E-state index contributed by atoms with van der Waals surface area (Å²) in [6.45, 7) is -0.567. The summed E-state index contributed by atoms with van der Waals surface area (Å²) in [4.78, 5) is 11.6. The summed E-state index contributed by atoms with van der Waals surface area (Å²) >= 11 is 5.74. The van der Waals surface area contributed by atoms with Crippen molar-refractivity contribution in [1.29, 1.82) is 0 Å². The van der Waals surface area contributed by atoms with Crippen molar-refractivity contribution in [2.45, 2.75) is 25.3 Å². The summed E-state index contributed by atoms with van der Waals surface area (Å²) in [5.41, 5.74) is 0.0934. The van der Waals surface area contributed by atoms with Crippen molar-refractivity contribution in [3.05, 3.63) is 29.4 Å². The number of nitrogens with zero attached hydrogens (tertiary/aromatic N) is 3. The van der Waals surface area contributed by atoms with E-state index in [1.165, 1.54) is 18.2 Å². The van der Waals surface area contributed by atoms with E-state index < -0.39 is 24.9 Å². The number of hydrogen-bond acceptors (Lipinski definition) is 5. The SMILES string of the molecule is CC(Nc1cc(NCC(F)(F)F)nc(-c2cccc(Cl)n2)n1)C(F)(F)F. The first-order valence-electron chi connectivity index (χ1n) is 7.10. The molecule has 0 aliphatic carbocycles. The quantitative estimate of drug-likeness (QED) is 0.571. The Morgan fingerprint density at radius 3 is 2.27 bits per heavy atom. The van der Waals surface area contributed by atoms with E-state index in [1.807, 2.05) is 5.32 Å². The van der Waals surface area contributed by atoms with E-state index in [0.29, 0.717) is 0 Å². The van der Waals surface area contributed by atoms with Gasteiger partial charge in [0.2, 0.25) is 0 Å². The number of alkyl halides is 6. The molecule has 0 fully saturated rings. The van der Waals surface area contributed by atoms with Crippen LogP contribution in [0.4, 0.5) is 38.0 Å². The van der Waals surface area contributed by atoms with Crippen molar-refractivity contribution in [3.8, 4) is 11.5 Å². The van der Waals surface area contributed by atoms with Gasteiger partial charge in [-0.15, -0.1) is 0 Å². The predicted molar refractivity (Wildman–Crippen MR) is 84.0 cm³/mol. The molecule has 1 atom stereocenters. The Kier molecular flexibility index (Phi) is 5.79. The van der Waals surface area contributed by atoms with Gasteiger partial charge in [-0.1, -0.05) is 17.7 Å². The van der Waals surface area contributed by atoms with Crippen LogP contribution in [0.2, 0.25) is 5.15 Å². The van der Waals surface area contributed by atoms with Crippen LogP contribution in [0.5, 0.6) is 0 Å². The molecular weight excluding hydrogens is 388 g/mol. The Hall–Kier alpha value is -2.30. The zero-order valence-corrected chi connectivity index (χ0v) is 13.8. The third-order valence-electron chi connectivity index (χ3n) is 3.00. The second-order valence-electron chi connectivity index (χ2n) is 5.18. The number of hydrogen-bond donors (Lipinski definition) is 2. The van der Waals surface area contributed by atoms with Crippen LogP contribution in [0.25, 0.3) is 11.5 Å². The van der Waals surface area contributed by atoms with Gasteiger partial charge in [-0.3, -0.25) is 0 Å². The number of pyridine rings is 1. The van der Waals surface area contributed by atoms with Gasteiger partial charge in [-0.2, -0.15) is 26.3 Å². The zero-order chi connectivity index (χ0) is 19.5. The van der Waals surface area contributed by atoms with Gasteiger partial charge in [0.05, 0.1) is 0 Å². The second kappa shape index (κ2) is 7.52. The summed E-state index contributed by atoms with van der Waals surface area (Å²) in [5.74, 6) is -0.811. The average molecular weight is 400 g/mol. The van der Waals surface area contributed by atoms with Gasteiger partial charge < -0.3 is 10.6 Å². The molecule has 0 amide bonds. The molecule has 26 heavy (non-hydrogen) atoms. The molecule has 0 saturated heterocycles. The molecule has 1 unspecified atom stereocenters. The molecule has 0 bridgehead atoms. The minimum Gasteiger partial charge on any atom is -0.361 e. The van der Waals surface area contributed by atoms with Crippen molar-refractivity contribution in [3.63, 3.8) is 0 Å². The maximum atomic E-state index is 12.7. The first-order chi connectivity index (χ1) is 11.9. The standard InChI is InChI=1S/C14H12ClF6N5/c1-7(14(19,20)21)23-11-5-10(22-6-13(16,17)18)25-12(26-11)8-3-2-4-9(15)24-8/h2-5,7H,6H2,1H3,(H2,22,23,25,26). The van der Waals surface area contributed by atoms with Gasteiger partial charge >= 0.3 is 12.4 Å². The highest BCUT2D eigenvalue weighted by Crippen LogP contribution is 2.26. The maximum absolute atomic E-state index is 12.7. The molecule has 2 N–H and O–H groups in total. The predicted octanol–water partition coefficient (Wildman–Crippen LogP) is 4.53. The minimum atomic E-state index is -4.57. The fourth-order valence-corrected chi connectivity index (χ4v) is 1.92. The summed E-state index contributed by atoms with van der Waals surface area (Å²) < 4.78 is 75.3. The molecule has 5 nitrogen and oxygen atoms in total. The lowest BCUT2D eigenvalue weighted by Crippen LogP contribution is -2.33. The number of anilines is 2. The highest BCUT2D eigenvalue weighted by atomic mass is 35.5. The first-order valence-corrected chi connectivity index (χ1v) is 7.48. The van der Waals surface area contributed by atoms with Gasteiger partial charge in [0, 0.05) is 6.07 Å². The molecule has 0 aliphatic rings. The zero-order valence-electron chi connectivity index (χ0n) is 13.1. The summed E-state index contributed by atoms with van der Waals surface area (Å²) in [5, 5.41) is 4.16. The first kappa shape index (κ1) is 20.0. The molecule has 142 valence electrons. The lowest BCUT2D eigenvalue weighted by Gasteiger charge is -2.19. The minimum absolute atomic E-state index is 0.0675. The highest BCUT2D eigenvalue weighted by molar-refractivity contribution is 6.29. The van der Waals surface area contributed by atoms with Crippen molar-refractivity contribution in [2.75, 3.05) is 17.2 Å². The monoisotopic (exact) mass is 399 g/mol. The van der Waals surface area contributed by atoms with Crippen molar-refractivity contribution >= 4 is 23.2 Å². The van der Waals surface area contributed by atoms with Gasteiger partial charge in [0.25, 0.3) is 0 Å². The third kappa shape index (κ3) is 5.90. The highest BCUT2D eigenvalue weighted by Gasteiger charge is 2.36. The molecule has 0 aromatic carbocycles.